The van der Waals surface area contributed by atoms with Crippen molar-refractivity contribution in [1.29, 1.82) is 0 Å². The molecule has 1 fully saturated rings. The number of hydrogen-bond donors (Lipinski definition) is 0. The normalized spacial score (nSPS) is 16.9. The van der Waals surface area contributed by atoms with E-state index < -0.39 is 0 Å². The third kappa shape index (κ3) is 3.04. The van der Waals surface area contributed by atoms with Crippen LogP contribution >= 0.6 is 0 Å². The van der Waals surface area contributed by atoms with Crippen LogP contribution in [0.5, 0.6) is 0 Å². The van der Waals surface area contributed by atoms with Gasteiger partial charge in [0.25, 0.3) is 5.91 Å². The summed E-state index contributed by atoms with van der Waals surface area (Å²) in [4.78, 5) is 15.2. The molecule has 0 spiro atoms. The Bertz CT molecular complexity index is 836. The summed E-state index contributed by atoms with van der Waals surface area (Å²) < 4.78 is 16.0. The van der Waals surface area contributed by atoms with Crippen molar-refractivity contribution in [2.75, 3.05) is 0 Å². The van der Waals surface area contributed by atoms with Gasteiger partial charge in [0.2, 0.25) is 0 Å². The van der Waals surface area contributed by atoms with Crippen LogP contribution in [-0.4, -0.2) is 26.6 Å². The number of fused-ring (bicyclic) bond motifs is 1. The summed E-state index contributed by atoms with van der Waals surface area (Å²) in [6, 6.07) is 5.04. The molecule has 0 atom stereocenters. The van der Waals surface area contributed by atoms with E-state index in [0.717, 1.165) is 50.6 Å². The third-order valence-corrected chi connectivity index (χ3v) is 5.96. The van der Waals surface area contributed by atoms with Crippen molar-refractivity contribution in [3.8, 4) is 0 Å². The molecular formula is C21H26FN3O. The predicted molar refractivity (Wildman–Crippen MR) is 98.5 cm³/mol. The monoisotopic (exact) mass is 355 g/mol. The van der Waals surface area contributed by atoms with E-state index in [1.807, 2.05) is 16.6 Å². The number of hydrogen-bond acceptors (Lipinski definition) is 2. The number of rotatable bonds is 4. The Labute approximate surface area is 154 Å². The lowest BCUT2D eigenvalue weighted by atomic mass is 10.1. The van der Waals surface area contributed by atoms with Crippen LogP contribution in [0, 0.1) is 12.7 Å². The van der Waals surface area contributed by atoms with Gasteiger partial charge >= 0.3 is 0 Å². The van der Waals surface area contributed by atoms with Crippen molar-refractivity contribution in [2.45, 2.75) is 64.5 Å². The highest BCUT2D eigenvalue weighted by molar-refractivity contribution is 5.94. The fraction of sp³-hybridized carbons (Fsp3) is 0.524. The summed E-state index contributed by atoms with van der Waals surface area (Å²) in [5, 5.41) is 4.70. The molecule has 0 bridgehead atoms. The zero-order valence-corrected chi connectivity index (χ0v) is 15.6. The topological polar surface area (TPSA) is 38.1 Å². The predicted octanol–water partition coefficient (Wildman–Crippen LogP) is 3.94. The summed E-state index contributed by atoms with van der Waals surface area (Å²) in [6.45, 7) is 2.25. The highest BCUT2D eigenvalue weighted by atomic mass is 19.1. The van der Waals surface area contributed by atoms with Crippen LogP contribution in [0.15, 0.2) is 18.2 Å². The van der Waals surface area contributed by atoms with Gasteiger partial charge in [0.1, 0.15) is 5.82 Å². The van der Waals surface area contributed by atoms with Crippen molar-refractivity contribution in [2.24, 2.45) is 7.05 Å². The highest BCUT2D eigenvalue weighted by Crippen LogP contribution is 2.30. The average molecular weight is 355 g/mol. The summed E-state index contributed by atoms with van der Waals surface area (Å²) in [7, 11) is 1.99. The maximum atomic E-state index is 14.0. The number of nitrogens with zero attached hydrogens (tertiary/aromatic N) is 3. The second kappa shape index (κ2) is 6.86. The Kier molecular flexibility index (Phi) is 4.55. The maximum Gasteiger partial charge on any atom is 0.254 e. The largest absolute Gasteiger partial charge is 0.330 e. The van der Waals surface area contributed by atoms with Gasteiger partial charge in [-0.15, -0.1) is 0 Å². The summed E-state index contributed by atoms with van der Waals surface area (Å²) in [5.74, 6) is -0.394. The second-order valence-corrected chi connectivity index (χ2v) is 7.68. The molecule has 1 heterocycles. The van der Waals surface area contributed by atoms with E-state index in [0.29, 0.717) is 17.7 Å². The Morgan fingerprint density at radius 2 is 2.04 bits per heavy atom. The first kappa shape index (κ1) is 17.3. The molecule has 0 aliphatic heterocycles. The zero-order chi connectivity index (χ0) is 18.3. The maximum absolute atomic E-state index is 14.0. The number of carbonyl (C=O) groups is 1. The van der Waals surface area contributed by atoms with Crippen LogP contribution < -0.4 is 0 Å². The van der Waals surface area contributed by atoms with Gasteiger partial charge in [0.05, 0.1) is 12.2 Å². The number of halogens is 1. The Balaban J connectivity index is 1.65. The van der Waals surface area contributed by atoms with Crippen LogP contribution in [-0.2, 0) is 26.4 Å². The summed E-state index contributed by atoms with van der Waals surface area (Å²) in [5.41, 5.74) is 4.65. The van der Waals surface area contributed by atoms with Crippen LogP contribution in [0.1, 0.15) is 65.0 Å². The first-order valence-electron chi connectivity index (χ1n) is 9.65. The lowest BCUT2D eigenvalue weighted by Gasteiger charge is -2.29. The lowest BCUT2D eigenvalue weighted by Crippen LogP contribution is -2.38. The van der Waals surface area contributed by atoms with Gasteiger partial charge in [-0.25, -0.2) is 4.39 Å². The van der Waals surface area contributed by atoms with E-state index in [-0.39, 0.29) is 17.8 Å². The van der Waals surface area contributed by atoms with E-state index >= 15 is 0 Å². The molecule has 2 aromatic rings. The molecule has 5 heteroatoms. The molecule has 138 valence electrons. The molecule has 1 aromatic heterocycles. The molecule has 0 saturated heterocycles. The Hall–Kier alpha value is -2.17. The molecule has 1 amide bonds. The van der Waals surface area contributed by atoms with Crippen molar-refractivity contribution < 1.29 is 9.18 Å². The fourth-order valence-electron chi connectivity index (χ4n) is 4.46. The molecular weight excluding hydrogens is 329 g/mol. The van der Waals surface area contributed by atoms with E-state index in [1.165, 1.54) is 17.3 Å². The zero-order valence-electron chi connectivity index (χ0n) is 15.6. The first-order valence-corrected chi connectivity index (χ1v) is 9.65. The molecule has 1 saturated carbocycles. The molecule has 2 aliphatic rings. The highest BCUT2D eigenvalue weighted by Gasteiger charge is 2.30. The molecule has 4 rings (SSSR count). The van der Waals surface area contributed by atoms with Crippen molar-refractivity contribution >= 4 is 5.91 Å². The van der Waals surface area contributed by atoms with Crippen LogP contribution in [0.3, 0.4) is 0 Å². The number of amides is 1. The van der Waals surface area contributed by atoms with Crippen LogP contribution in [0.4, 0.5) is 4.39 Å². The van der Waals surface area contributed by atoms with Crippen LogP contribution in [0.2, 0.25) is 0 Å². The van der Waals surface area contributed by atoms with Gasteiger partial charge < -0.3 is 4.90 Å². The average Bonchev–Trinajstić information content (AvgIpc) is 3.35. The SMILES string of the molecule is Cc1ccc(C(=O)N(Cc2nn(C)c3c2CCC3)C2CCCC2)cc1F. The molecule has 2 aliphatic carbocycles. The molecule has 1 aromatic carbocycles. The van der Waals surface area contributed by atoms with E-state index in [4.69, 9.17) is 5.10 Å². The third-order valence-electron chi connectivity index (χ3n) is 5.96. The Morgan fingerprint density at radius 1 is 1.27 bits per heavy atom. The standard InChI is InChI=1S/C21H26FN3O/c1-14-10-11-15(12-18(14)22)21(26)25(16-6-3-4-7-16)13-19-17-8-5-9-20(17)24(2)23-19/h10-12,16H,3-9,13H2,1-2H3. The number of carbonyl (C=O) groups excluding carboxylic acids is 1. The van der Waals surface area contributed by atoms with Crippen LogP contribution in [0.25, 0.3) is 0 Å². The fourth-order valence-corrected chi connectivity index (χ4v) is 4.46. The minimum absolute atomic E-state index is 0.0757. The lowest BCUT2D eigenvalue weighted by molar-refractivity contribution is 0.0660. The quantitative estimate of drug-likeness (QED) is 0.833. The van der Waals surface area contributed by atoms with E-state index in [2.05, 4.69) is 0 Å². The number of benzene rings is 1. The van der Waals surface area contributed by atoms with Crippen molar-refractivity contribution in [1.82, 2.24) is 14.7 Å². The van der Waals surface area contributed by atoms with Gasteiger partial charge in [-0.3, -0.25) is 9.48 Å². The van der Waals surface area contributed by atoms with Gasteiger partial charge in [-0.2, -0.15) is 5.10 Å². The minimum atomic E-state index is -0.319. The van der Waals surface area contributed by atoms with Gasteiger partial charge in [-0.1, -0.05) is 18.9 Å². The smallest absolute Gasteiger partial charge is 0.254 e. The first-order chi connectivity index (χ1) is 12.5. The van der Waals surface area contributed by atoms with E-state index in [1.54, 1.807) is 19.1 Å². The van der Waals surface area contributed by atoms with Gasteiger partial charge in [0.15, 0.2) is 0 Å². The molecule has 26 heavy (non-hydrogen) atoms. The minimum Gasteiger partial charge on any atom is -0.330 e. The number of aryl methyl sites for hydroxylation is 2. The van der Waals surface area contributed by atoms with Crippen molar-refractivity contribution in [3.05, 3.63) is 52.1 Å². The second-order valence-electron chi connectivity index (χ2n) is 7.68. The van der Waals surface area contributed by atoms with Gasteiger partial charge in [-0.05, 0) is 62.3 Å². The molecule has 0 radical (unpaired) electrons. The van der Waals surface area contributed by atoms with Gasteiger partial charge in [0, 0.05) is 24.3 Å². The molecule has 0 N–H and O–H groups in total. The molecule has 0 unspecified atom stereocenters. The number of aromatic nitrogens is 2. The molecule has 4 nitrogen and oxygen atoms in total. The Morgan fingerprint density at radius 3 is 2.77 bits per heavy atom. The van der Waals surface area contributed by atoms with E-state index in [9.17, 15) is 9.18 Å². The van der Waals surface area contributed by atoms with Crippen molar-refractivity contribution in [3.63, 3.8) is 0 Å². The summed E-state index contributed by atoms with van der Waals surface area (Å²) >= 11 is 0. The summed E-state index contributed by atoms with van der Waals surface area (Å²) in [6.07, 6.45) is 7.62.